The number of rotatable bonds is 2. The molecule has 3 nitrogen and oxygen atoms in total. The molecule has 7 heteroatoms. The number of hydrogen-bond acceptors (Lipinski definition) is 3. The number of sulfonamides is 1. The van der Waals surface area contributed by atoms with Gasteiger partial charge in [0.15, 0.2) is 0 Å². The zero-order valence-electron chi connectivity index (χ0n) is 7.94. The summed E-state index contributed by atoms with van der Waals surface area (Å²) in [5.41, 5.74) is 0. The lowest BCUT2D eigenvalue weighted by Crippen LogP contribution is -2.27. The summed E-state index contributed by atoms with van der Waals surface area (Å²) in [6, 6.07) is 1.43. The first-order valence-corrected chi connectivity index (χ1v) is 7.20. The monoisotopic (exact) mass is 261 g/mol. The molecule has 1 aliphatic heterocycles. The summed E-state index contributed by atoms with van der Waals surface area (Å²) in [4.78, 5) is 0. The first-order chi connectivity index (χ1) is 7.01. The van der Waals surface area contributed by atoms with Gasteiger partial charge in [0.05, 0.1) is 0 Å². The summed E-state index contributed by atoms with van der Waals surface area (Å²) in [5.74, 6) is 0. The van der Waals surface area contributed by atoms with Gasteiger partial charge in [0.25, 0.3) is 10.0 Å². The molecule has 0 aliphatic carbocycles. The van der Waals surface area contributed by atoms with E-state index in [1.807, 2.05) is 0 Å². The van der Waals surface area contributed by atoms with Crippen LogP contribution in [0.3, 0.4) is 0 Å². The van der Waals surface area contributed by atoms with Crippen molar-refractivity contribution in [3.8, 4) is 0 Å². The van der Waals surface area contributed by atoms with E-state index in [1.165, 1.54) is 10.4 Å². The normalized spacial score (nSPS) is 18.5. The van der Waals surface area contributed by atoms with Crippen molar-refractivity contribution in [2.45, 2.75) is 17.1 Å². The lowest BCUT2D eigenvalue weighted by atomic mass is 10.1. The van der Waals surface area contributed by atoms with E-state index in [0.717, 1.165) is 24.2 Å². The second kappa shape index (κ2) is 4.09. The van der Waals surface area contributed by atoms with Crippen LogP contribution < -0.4 is 4.78 Å². The molecule has 0 spiro atoms. The second-order valence-corrected chi connectivity index (χ2v) is 7.04. The van der Waals surface area contributed by atoms with E-state index < -0.39 is 10.0 Å². The van der Waals surface area contributed by atoms with Crippen molar-refractivity contribution in [1.82, 2.24) is 4.31 Å². The standard InChI is InChI=1S/C8H9BClNO2S2/c9-8-6(10)5-7(14-8)15(12,13)11-3-1-2-4-11/h5H,1-4H2. The first-order valence-electron chi connectivity index (χ1n) is 4.57. The number of thiophene rings is 1. The van der Waals surface area contributed by atoms with Gasteiger partial charge >= 0.3 is 0 Å². The Morgan fingerprint density at radius 3 is 2.47 bits per heavy atom. The molecular formula is C8H9BClNO2S2. The molecule has 0 unspecified atom stereocenters. The first kappa shape index (κ1) is 11.5. The largest absolute Gasteiger partial charge is 0.252 e. The van der Waals surface area contributed by atoms with Crippen LogP contribution in [0.4, 0.5) is 0 Å². The molecule has 2 heterocycles. The van der Waals surface area contributed by atoms with Crippen molar-refractivity contribution >= 4 is 45.6 Å². The number of halogens is 1. The Morgan fingerprint density at radius 2 is 2.00 bits per heavy atom. The third kappa shape index (κ3) is 2.09. The molecule has 1 aromatic rings. The van der Waals surface area contributed by atoms with E-state index in [9.17, 15) is 8.42 Å². The zero-order valence-corrected chi connectivity index (χ0v) is 10.3. The van der Waals surface area contributed by atoms with Gasteiger partial charge in [0.1, 0.15) is 12.1 Å². The highest BCUT2D eigenvalue weighted by Gasteiger charge is 2.28. The third-order valence-corrected chi connectivity index (χ3v) is 6.09. The lowest BCUT2D eigenvalue weighted by molar-refractivity contribution is 0.479. The fourth-order valence-electron chi connectivity index (χ4n) is 1.54. The molecule has 2 radical (unpaired) electrons. The summed E-state index contributed by atoms with van der Waals surface area (Å²) in [6.07, 6.45) is 1.85. The molecule has 0 atom stereocenters. The molecule has 0 bridgehead atoms. The highest BCUT2D eigenvalue weighted by molar-refractivity contribution is 7.91. The SMILES string of the molecule is [B]c1sc(S(=O)(=O)N2CCCC2)cc1Cl. The summed E-state index contributed by atoms with van der Waals surface area (Å²) in [5, 5.41) is 0.317. The van der Waals surface area contributed by atoms with Crippen molar-refractivity contribution in [2.75, 3.05) is 13.1 Å². The van der Waals surface area contributed by atoms with Gasteiger partial charge in [0, 0.05) is 18.1 Å². The fraction of sp³-hybridized carbons (Fsp3) is 0.500. The minimum atomic E-state index is -3.35. The molecule has 0 amide bonds. The molecule has 2 rings (SSSR count). The van der Waals surface area contributed by atoms with E-state index in [2.05, 4.69) is 0 Å². The van der Waals surface area contributed by atoms with E-state index >= 15 is 0 Å². The molecular weight excluding hydrogens is 252 g/mol. The maximum Gasteiger partial charge on any atom is 0.252 e. The Bertz CT molecular complexity index is 445. The molecule has 1 aliphatic rings. The Kier molecular flexibility index (Phi) is 3.12. The van der Waals surface area contributed by atoms with Crippen LogP contribution in [-0.2, 0) is 10.0 Å². The summed E-state index contributed by atoms with van der Waals surface area (Å²) in [7, 11) is 2.19. The number of hydrogen-bond donors (Lipinski definition) is 0. The van der Waals surface area contributed by atoms with Gasteiger partial charge in [-0.1, -0.05) is 11.6 Å². The minimum Gasteiger partial charge on any atom is -0.206 e. The topological polar surface area (TPSA) is 37.4 Å². The van der Waals surface area contributed by atoms with Crippen LogP contribution in [0.5, 0.6) is 0 Å². The maximum absolute atomic E-state index is 12.0. The summed E-state index contributed by atoms with van der Waals surface area (Å²) >= 11 is 6.77. The van der Waals surface area contributed by atoms with E-state index in [-0.39, 0.29) is 4.21 Å². The van der Waals surface area contributed by atoms with Gasteiger partial charge < -0.3 is 0 Å². The summed E-state index contributed by atoms with van der Waals surface area (Å²) < 4.78 is 26.1. The fourth-order valence-corrected chi connectivity index (χ4v) is 4.72. The molecule has 1 aromatic heterocycles. The van der Waals surface area contributed by atoms with Gasteiger partial charge in [-0.05, 0) is 23.7 Å². The van der Waals surface area contributed by atoms with Crippen molar-refractivity contribution in [1.29, 1.82) is 0 Å². The predicted molar refractivity (Wildman–Crippen MR) is 62.7 cm³/mol. The van der Waals surface area contributed by atoms with Gasteiger partial charge in [-0.15, -0.1) is 11.3 Å². The van der Waals surface area contributed by atoms with Gasteiger partial charge in [-0.25, -0.2) is 8.42 Å². The van der Waals surface area contributed by atoms with Crippen LogP contribution >= 0.6 is 22.9 Å². The second-order valence-electron chi connectivity index (χ2n) is 3.39. The van der Waals surface area contributed by atoms with Crippen molar-refractivity contribution in [3.63, 3.8) is 0 Å². The molecule has 1 fully saturated rings. The summed E-state index contributed by atoms with van der Waals surface area (Å²) in [6.45, 7) is 1.19. The Balaban J connectivity index is 2.36. The van der Waals surface area contributed by atoms with Gasteiger partial charge in [-0.2, -0.15) is 4.31 Å². The highest BCUT2D eigenvalue weighted by Crippen LogP contribution is 2.26. The van der Waals surface area contributed by atoms with Crippen LogP contribution in [0.1, 0.15) is 12.8 Å². The molecule has 1 saturated heterocycles. The molecule has 0 saturated carbocycles. The van der Waals surface area contributed by atoms with Crippen molar-refractivity contribution in [2.24, 2.45) is 0 Å². The highest BCUT2D eigenvalue weighted by atomic mass is 35.5. The van der Waals surface area contributed by atoms with E-state index in [4.69, 9.17) is 19.4 Å². The van der Waals surface area contributed by atoms with Crippen LogP contribution in [0, 0.1) is 0 Å². The molecule has 80 valence electrons. The zero-order chi connectivity index (χ0) is 11.1. The Labute approximate surface area is 99.5 Å². The van der Waals surface area contributed by atoms with Crippen LogP contribution in [0.2, 0.25) is 5.02 Å². The lowest BCUT2D eigenvalue weighted by Gasteiger charge is -2.13. The average Bonchev–Trinajstić information content (AvgIpc) is 2.77. The smallest absolute Gasteiger partial charge is 0.206 e. The molecule has 0 N–H and O–H groups in total. The van der Waals surface area contributed by atoms with Crippen LogP contribution in [0.25, 0.3) is 0 Å². The molecule has 15 heavy (non-hydrogen) atoms. The van der Waals surface area contributed by atoms with E-state index in [1.54, 1.807) is 0 Å². The maximum atomic E-state index is 12.0. The minimum absolute atomic E-state index is 0.243. The van der Waals surface area contributed by atoms with E-state index in [0.29, 0.717) is 22.9 Å². The average molecular weight is 262 g/mol. The number of nitrogens with zero attached hydrogens (tertiary/aromatic N) is 1. The van der Waals surface area contributed by atoms with Crippen molar-refractivity contribution < 1.29 is 8.42 Å². The van der Waals surface area contributed by atoms with Crippen molar-refractivity contribution in [3.05, 3.63) is 11.1 Å². The third-order valence-electron chi connectivity index (χ3n) is 2.35. The van der Waals surface area contributed by atoms with Crippen LogP contribution in [0.15, 0.2) is 10.3 Å². The Hall–Kier alpha value is -0.0351. The predicted octanol–water partition coefficient (Wildman–Crippen LogP) is 0.980. The quantitative estimate of drug-likeness (QED) is 0.744. The van der Waals surface area contributed by atoms with Gasteiger partial charge in [-0.3, -0.25) is 0 Å². The Morgan fingerprint density at radius 1 is 1.40 bits per heavy atom. The molecule has 0 aromatic carbocycles. The van der Waals surface area contributed by atoms with Gasteiger partial charge in [0.2, 0.25) is 0 Å². The van der Waals surface area contributed by atoms with Crippen LogP contribution in [-0.4, -0.2) is 33.7 Å².